The Labute approximate surface area is 190 Å². The molecule has 2 aromatic carbocycles. The van der Waals surface area contributed by atoms with Gasteiger partial charge in [-0.15, -0.1) is 0 Å². The number of benzene rings is 2. The smallest absolute Gasteiger partial charge is 0.275 e. The number of nitrogens with one attached hydrogen (secondary N) is 1. The Bertz CT molecular complexity index is 1190. The van der Waals surface area contributed by atoms with E-state index in [2.05, 4.69) is 21.2 Å². The molecule has 0 bridgehead atoms. The number of anilines is 1. The normalized spacial score (nSPS) is 21.5. The van der Waals surface area contributed by atoms with E-state index in [1.54, 1.807) is 4.90 Å². The van der Waals surface area contributed by atoms with E-state index in [0.717, 1.165) is 52.3 Å². The lowest BCUT2D eigenvalue weighted by atomic mass is 9.93. The van der Waals surface area contributed by atoms with E-state index in [4.69, 9.17) is 0 Å². The summed E-state index contributed by atoms with van der Waals surface area (Å²) in [5.74, 6) is -0.231. The molecular weight excluding hydrogens is 454 g/mol. The standard InChI is InChI=1S/C25H26BrN3O2/c1-16-13-19(11-12-20(16)26)29-23(30)22-14-17-7-3-6-10-21(17)28(22)15-25(29,2)24(31)27-18-8-4-5-9-18/h3,6-7,10-14,18H,4-5,8-9,15H2,1-2H3,(H,27,31)/t25-/m0/s1. The quantitative estimate of drug-likeness (QED) is 0.561. The number of hydrogen-bond acceptors (Lipinski definition) is 2. The van der Waals surface area contributed by atoms with Gasteiger partial charge in [0.25, 0.3) is 5.91 Å². The lowest BCUT2D eigenvalue weighted by Crippen LogP contribution is -2.65. The van der Waals surface area contributed by atoms with Gasteiger partial charge in [0, 0.05) is 27.1 Å². The second-order valence-corrected chi connectivity index (χ2v) is 9.83. The first kappa shape index (κ1) is 20.3. The molecule has 3 aromatic rings. The summed E-state index contributed by atoms with van der Waals surface area (Å²) in [5, 5.41) is 4.26. The summed E-state index contributed by atoms with van der Waals surface area (Å²) in [4.78, 5) is 29.3. The molecule has 1 N–H and O–H groups in total. The molecule has 31 heavy (non-hydrogen) atoms. The predicted octanol–water partition coefficient (Wildman–Crippen LogP) is 5.19. The van der Waals surface area contributed by atoms with Crippen molar-refractivity contribution in [2.75, 3.05) is 4.90 Å². The average molecular weight is 480 g/mol. The molecule has 0 spiro atoms. The van der Waals surface area contributed by atoms with Crippen LogP contribution < -0.4 is 10.2 Å². The van der Waals surface area contributed by atoms with Crippen molar-refractivity contribution in [3.05, 3.63) is 64.3 Å². The molecule has 5 rings (SSSR count). The van der Waals surface area contributed by atoms with Crippen molar-refractivity contribution >= 4 is 44.3 Å². The molecule has 160 valence electrons. The predicted molar refractivity (Wildman–Crippen MR) is 126 cm³/mol. The zero-order valence-electron chi connectivity index (χ0n) is 17.8. The van der Waals surface area contributed by atoms with Crippen LogP contribution in [-0.2, 0) is 11.3 Å². The summed E-state index contributed by atoms with van der Waals surface area (Å²) in [7, 11) is 0. The van der Waals surface area contributed by atoms with Crippen molar-refractivity contribution in [1.82, 2.24) is 9.88 Å². The van der Waals surface area contributed by atoms with E-state index in [1.807, 2.05) is 66.9 Å². The number of nitrogens with zero attached hydrogens (tertiary/aromatic N) is 2. The van der Waals surface area contributed by atoms with Crippen LogP contribution in [0.25, 0.3) is 10.9 Å². The highest BCUT2D eigenvalue weighted by atomic mass is 79.9. The number of para-hydroxylation sites is 1. The van der Waals surface area contributed by atoms with Gasteiger partial charge in [-0.05, 0) is 62.6 Å². The average Bonchev–Trinajstić information content (AvgIpc) is 3.38. The molecule has 6 heteroatoms. The topological polar surface area (TPSA) is 54.3 Å². The Morgan fingerprint density at radius 2 is 1.87 bits per heavy atom. The first-order valence-electron chi connectivity index (χ1n) is 10.9. The van der Waals surface area contributed by atoms with Crippen LogP contribution in [0.1, 0.15) is 48.7 Å². The van der Waals surface area contributed by atoms with Crippen LogP contribution in [0, 0.1) is 6.92 Å². The van der Waals surface area contributed by atoms with Crippen molar-refractivity contribution in [1.29, 1.82) is 0 Å². The molecule has 1 aliphatic heterocycles. The molecule has 2 amide bonds. The number of hydrogen-bond donors (Lipinski definition) is 1. The van der Waals surface area contributed by atoms with Gasteiger partial charge >= 0.3 is 0 Å². The Morgan fingerprint density at radius 1 is 1.13 bits per heavy atom. The summed E-state index contributed by atoms with van der Waals surface area (Å²) in [6, 6.07) is 15.9. The Morgan fingerprint density at radius 3 is 2.61 bits per heavy atom. The third-order valence-corrected chi connectivity index (χ3v) is 7.66. The second-order valence-electron chi connectivity index (χ2n) is 8.98. The molecule has 1 aliphatic carbocycles. The molecular formula is C25H26BrN3O2. The molecule has 1 saturated carbocycles. The summed E-state index contributed by atoms with van der Waals surface area (Å²) >= 11 is 3.55. The minimum absolute atomic E-state index is 0.0863. The van der Waals surface area contributed by atoms with E-state index in [9.17, 15) is 9.59 Å². The van der Waals surface area contributed by atoms with Crippen LogP contribution in [0.3, 0.4) is 0 Å². The summed E-state index contributed by atoms with van der Waals surface area (Å²) in [5.41, 5.74) is 2.33. The highest BCUT2D eigenvalue weighted by Gasteiger charge is 2.49. The van der Waals surface area contributed by atoms with Crippen LogP contribution in [0.2, 0.25) is 0 Å². The Kier molecular flexibility index (Phi) is 4.93. The summed E-state index contributed by atoms with van der Waals surface area (Å²) in [6.45, 7) is 4.30. The van der Waals surface area contributed by atoms with Crippen LogP contribution in [0.15, 0.2) is 53.0 Å². The second kappa shape index (κ2) is 7.52. The number of carbonyl (C=O) groups is 2. The lowest BCUT2D eigenvalue weighted by molar-refractivity contribution is -0.127. The maximum Gasteiger partial charge on any atom is 0.275 e. The van der Waals surface area contributed by atoms with Crippen molar-refractivity contribution in [3.63, 3.8) is 0 Å². The van der Waals surface area contributed by atoms with Gasteiger partial charge in [-0.1, -0.05) is 47.0 Å². The molecule has 5 nitrogen and oxygen atoms in total. The van der Waals surface area contributed by atoms with Gasteiger partial charge in [-0.25, -0.2) is 0 Å². The maximum atomic E-state index is 13.9. The van der Waals surface area contributed by atoms with E-state index in [-0.39, 0.29) is 17.9 Å². The van der Waals surface area contributed by atoms with Crippen LogP contribution in [0.4, 0.5) is 5.69 Å². The highest BCUT2D eigenvalue weighted by molar-refractivity contribution is 9.10. The van der Waals surface area contributed by atoms with Gasteiger partial charge in [-0.3, -0.25) is 14.5 Å². The Hall–Kier alpha value is -2.60. The van der Waals surface area contributed by atoms with Gasteiger partial charge in [0.15, 0.2) is 0 Å². The number of fused-ring (bicyclic) bond motifs is 3. The molecule has 1 aromatic heterocycles. The molecule has 0 unspecified atom stereocenters. The monoisotopic (exact) mass is 479 g/mol. The van der Waals surface area contributed by atoms with Crippen LogP contribution in [-0.4, -0.2) is 28.0 Å². The van der Waals surface area contributed by atoms with Crippen molar-refractivity contribution in [3.8, 4) is 0 Å². The Balaban J connectivity index is 1.65. The number of aryl methyl sites for hydroxylation is 1. The molecule has 1 fully saturated rings. The maximum absolute atomic E-state index is 13.9. The molecule has 1 atom stereocenters. The molecule has 2 aliphatic rings. The highest BCUT2D eigenvalue weighted by Crippen LogP contribution is 2.37. The molecule has 2 heterocycles. The van der Waals surface area contributed by atoms with E-state index in [0.29, 0.717) is 12.2 Å². The minimum Gasteiger partial charge on any atom is -0.351 e. The third kappa shape index (κ3) is 3.28. The van der Waals surface area contributed by atoms with Gasteiger partial charge < -0.3 is 9.88 Å². The van der Waals surface area contributed by atoms with Crippen molar-refractivity contribution < 1.29 is 9.59 Å². The fraction of sp³-hybridized carbons (Fsp3) is 0.360. The number of rotatable bonds is 3. The number of aromatic nitrogens is 1. The molecule has 0 radical (unpaired) electrons. The van der Waals surface area contributed by atoms with E-state index >= 15 is 0 Å². The van der Waals surface area contributed by atoms with Gasteiger partial charge in [-0.2, -0.15) is 0 Å². The van der Waals surface area contributed by atoms with Crippen LogP contribution >= 0.6 is 15.9 Å². The zero-order valence-corrected chi connectivity index (χ0v) is 19.4. The van der Waals surface area contributed by atoms with Crippen LogP contribution in [0.5, 0.6) is 0 Å². The van der Waals surface area contributed by atoms with Crippen molar-refractivity contribution in [2.45, 2.75) is 57.7 Å². The first-order chi connectivity index (χ1) is 14.9. The van der Waals surface area contributed by atoms with Gasteiger partial charge in [0.1, 0.15) is 11.2 Å². The number of carbonyl (C=O) groups excluding carboxylic acids is 2. The minimum atomic E-state index is -1.03. The fourth-order valence-corrected chi connectivity index (χ4v) is 5.28. The van der Waals surface area contributed by atoms with Crippen molar-refractivity contribution in [2.24, 2.45) is 0 Å². The third-order valence-electron chi connectivity index (χ3n) is 6.77. The lowest BCUT2D eigenvalue weighted by Gasteiger charge is -2.44. The fourth-order valence-electron chi connectivity index (χ4n) is 5.03. The van der Waals surface area contributed by atoms with E-state index in [1.165, 1.54) is 0 Å². The molecule has 0 saturated heterocycles. The summed E-state index contributed by atoms with van der Waals surface area (Å²) < 4.78 is 2.99. The SMILES string of the molecule is Cc1cc(N2C(=O)c3cc4ccccc4n3C[C@@]2(C)C(=O)NC2CCCC2)ccc1Br. The zero-order chi connectivity index (χ0) is 21.8. The number of amides is 2. The number of halogens is 1. The van der Waals surface area contributed by atoms with Gasteiger partial charge in [0.2, 0.25) is 5.91 Å². The largest absolute Gasteiger partial charge is 0.351 e. The summed E-state index contributed by atoms with van der Waals surface area (Å²) in [6.07, 6.45) is 4.29. The van der Waals surface area contributed by atoms with E-state index < -0.39 is 5.54 Å². The van der Waals surface area contributed by atoms with Gasteiger partial charge in [0.05, 0.1) is 6.54 Å². The first-order valence-corrected chi connectivity index (χ1v) is 11.7.